The Hall–Kier alpha value is -4.65. The molecule has 33 heavy (non-hydrogen) atoms. The molecule has 0 unspecified atom stereocenters. The van der Waals surface area contributed by atoms with Crippen molar-refractivity contribution in [1.29, 1.82) is 5.41 Å². The Bertz CT molecular complexity index is 1520. The highest BCUT2D eigenvalue weighted by Crippen LogP contribution is 2.31. The van der Waals surface area contributed by atoms with Crippen LogP contribution < -0.4 is 10.5 Å². The highest BCUT2D eigenvalue weighted by Gasteiger charge is 2.17. The number of aromatic carboxylic acids is 1. The second-order valence-corrected chi connectivity index (χ2v) is 7.70. The topological polar surface area (TPSA) is 114 Å². The molecular formula is C26H20N4O3. The van der Waals surface area contributed by atoms with Crippen molar-refractivity contribution in [3.8, 4) is 11.5 Å². The van der Waals surface area contributed by atoms with E-state index in [9.17, 15) is 9.90 Å². The molecule has 0 saturated carbocycles. The first kappa shape index (κ1) is 20.3. The lowest BCUT2D eigenvalue weighted by molar-refractivity contribution is 0.0686. The first-order valence-electron chi connectivity index (χ1n) is 10.3. The van der Waals surface area contributed by atoms with Crippen LogP contribution in [0.2, 0.25) is 0 Å². The van der Waals surface area contributed by atoms with E-state index in [1.54, 1.807) is 53.4 Å². The van der Waals surface area contributed by atoms with E-state index in [0.717, 1.165) is 21.7 Å². The van der Waals surface area contributed by atoms with Crippen LogP contribution >= 0.6 is 0 Å². The average Bonchev–Trinajstić information content (AvgIpc) is 3.18. The number of carboxylic acid groups (broad SMARTS) is 1. The average molecular weight is 436 g/mol. The summed E-state index contributed by atoms with van der Waals surface area (Å²) in [4.78, 5) is 16.1. The minimum atomic E-state index is -1.02. The third-order valence-corrected chi connectivity index (χ3v) is 5.57. The minimum Gasteiger partial charge on any atom is -0.477 e. The lowest BCUT2D eigenvalue weighted by Crippen LogP contribution is -2.12. The number of rotatable bonds is 6. The molecule has 0 atom stereocenters. The Balaban J connectivity index is 1.67. The number of nitrogens with one attached hydrogen (secondary N) is 1. The Labute approximate surface area is 189 Å². The molecule has 162 valence electrons. The molecule has 0 aliphatic rings. The number of hydrogen-bond acceptors (Lipinski definition) is 4. The number of carboxylic acids is 1. The first-order valence-corrected chi connectivity index (χ1v) is 10.3. The number of aromatic nitrogens is 2. The predicted molar refractivity (Wildman–Crippen MR) is 127 cm³/mol. The summed E-state index contributed by atoms with van der Waals surface area (Å²) in [5, 5.41) is 20.4. The van der Waals surface area contributed by atoms with Gasteiger partial charge in [-0.15, -0.1) is 0 Å². The van der Waals surface area contributed by atoms with Crippen LogP contribution in [0, 0.1) is 5.41 Å². The van der Waals surface area contributed by atoms with Crippen LogP contribution in [0.3, 0.4) is 0 Å². The highest BCUT2D eigenvalue weighted by atomic mass is 16.5. The monoisotopic (exact) mass is 436 g/mol. The van der Waals surface area contributed by atoms with E-state index < -0.39 is 5.97 Å². The molecule has 0 aliphatic heterocycles. The molecule has 0 spiro atoms. The van der Waals surface area contributed by atoms with Crippen molar-refractivity contribution in [1.82, 2.24) is 9.55 Å². The normalized spacial score (nSPS) is 11.0. The number of amidine groups is 1. The van der Waals surface area contributed by atoms with Gasteiger partial charge in [0, 0.05) is 35.4 Å². The molecule has 0 radical (unpaired) electrons. The smallest absolute Gasteiger partial charge is 0.352 e. The minimum absolute atomic E-state index is 0.0697. The van der Waals surface area contributed by atoms with E-state index in [4.69, 9.17) is 15.9 Å². The summed E-state index contributed by atoms with van der Waals surface area (Å²) in [5.41, 5.74) is 7.99. The van der Waals surface area contributed by atoms with Crippen LogP contribution in [0.15, 0.2) is 85.2 Å². The molecule has 0 fully saturated rings. The molecule has 0 bridgehead atoms. The van der Waals surface area contributed by atoms with Gasteiger partial charge in [-0.25, -0.2) is 4.79 Å². The zero-order valence-electron chi connectivity index (χ0n) is 17.5. The van der Waals surface area contributed by atoms with Gasteiger partial charge in [-0.1, -0.05) is 36.4 Å². The second-order valence-electron chi connectivity index (χ2n) is 7.70. The lowest BCUT2D eigenvalue weighted by Gasteiger charge is -2.14. The van der Waals surface area contributed by atoms with Gasteiger partial charge in [0.2, 0.25) is 0 Å². The molecule has 0 aliphatic carbocycles. The summed E-state index contributed by atoms with van der Waals surface area (Å²) < 4.78 is 7.79. The first-order chi connectivity index (χ1) is 16.0. The maximum Gasteiger partial charge on any atom is 0.352 e. The number of fused-ring (bicyclic) bond motifs is 2. The summed E-state index contributed by atoms with van der Waals surface area (Å²) in [6, 6.07) is 22.3. The van der Waals surface area contributed by atoms with Gasteiger partial charge in [-0.05, 0) is 52.7 Å². The molecular weight excluding hydrogens is 416 g/mol. The van der Waals surface area contributed by atoms with Crippen molar-refractivity contribution in [2.75, 3.05) is 0 Å². The zero-order valence-corrected chi connectivity index (χ0v) is 17.5. The fourth-order valence-corrected chi connectivity index (χ4v) is 4.03. The molecule has 7 heteroatoms. The van der Waals surface area contributed by atoms with Gasteiger partial charge in [0.25, 0.3) is 0 Å². The molecule has 0 amide bonds. The van der Waals surface area contributed by atoms with Crippen LogP contribution in [0.5, 0.6) is 11.5 Å². The Morgan fingerprint density at radius 3 is 2.52 bits per heavy atom. The van der Waals surface area contributed by atoms with Gasteiger partial charge in [-0.3, -0.25) is 10.4 Å². The molecule has 5 aromatic rings. The van der Waals surface area contributed by atoms with Crippen LogP contribution in [0.25, 0.3) is 21.7 Å². The summed E-state index contributed by atoms with van der Waals surface area (Å²) >= 11 is 0. The number of nitrogen functional groups attached to an aromatic ring is 1. The number of nitrogens with two attached hydrogens (primary N) is 1. The Kier molecular flexibility index (Phi) is 4.99. The van der Waals surface area contributed by atoms with Gasteiger partial charge in [-0.2, -0.15) is 0 Å². The van der Waals surface area contributed by atoms with E-state index >= 15 is 0 Å². The third-order valence-electron chi connectivity index (χ3n) is 5.57. The van der Waals surface area contributed by atoms with E-state index in [1.165, 1.54) is 0 Å². The Morgan fingerprint density at radius 1 is 0.970 bits per heavy atom. The van der Waals surface area contributed by atoms with E-state index in [0.29, 0.717) is 29.1 Å². The van der Waals surface area contributed by atoms with Gasteiger partial charge in [0.15, 0.2) is 0 Å². The second kappa shape index (κ2) is 8.12. The van der Waals surface area contributed by atoms with Crippen molar-refractivity contribution in [2.45, 2.75) is 6.54 Å². The van der Waals surface area contributed by atoms with E-state index in [1.807, 2.05) is 36.4 Å². The Morgan fingerprint density at radius 2 is 1.76 bits per heavy atom. The van der Waals surface area contributed by atoms with Crippen molar-refractivity contribution in [2.24, 2.45) is 5.73 Å². The number of pyridine rings is 1. The summed E-state index contributed by atoms with van der Waals surface area (Å²) in [5.74, 6) is 0.214. The molecule has 5 rings (SSSR count). The highest BCUT2D eigenvalue weighted by molar-refractivity contribution is 6.01. The third kappa shape index (κ3) is 3.87. The maximum absolute atomic E-state index is 12.1. The fourth-order valence-electron chi connectivity index (χ4n) is 4.03. The summed E-state index contributed by atoms with van der Waals surface area (Å²) in [6.07, 6.45) is 3.32. The summed E-state index contributed by atoms with van der Waals surface area (Å²) in [7, 11) is 0. The van der Waals surface area contributed by atoms with Gasteiger partial charge >= 0.3 is 5.97 Å². The standard InChI is InChI=1S/C26H20N4O3/c27-25(28)18-6-5-17-13-24(26(31)32)30(23(17)14-18)15-19-12-21(33-20-7-9-29-10-8-20)11-16-3-1-2-4-22(16)19/h1-14H,15H2,(H3,27,28)(H,31,32). The molecule has 0 saturated heterocycles. The van der Waals surface area contributed by atoms with Gasteiger partial charge < -0.3 is 20.1 Å². The molecule has 2 aromatic heterocycles. The van der Waals surface area contributed by atoms with Crippen molar-refractivity contribution in [3.63, 3.8) is 0 Å². The van der Waals surface area contributed by atoms with Crippen LogP contribution in [0.4, 0.5) is 0 Å². The molecule has 7 nitrogen and oxygen atoms in total. The van der Waals surface area contributed by atoms with Crippen molar-refractivity contribution >= 4 is 33.5 Å². The zero-order chi connectivity index (χ0) is 22.9. The van der Waals surface area contributed by atoms with E-state index in [2.05, 4.69) is 4.98 Å². The van der Waals surface area contributed by atoms with E-state index in [-0.39, 0.29) is 11.5 Å². The molecule has 2 heterocycles. The predicted octanol–water partition coefficient (Wildman–Crippen LogP) is 5.01. The quantitative estimate of drug-likeness (QED) is 0.256. The number of benzene rings is 3. The molecule has 4 N–H and O–H groups in total. The number of ether oxygens (including phenoxy) is 1. The number of hydrogen-bond donors (Lipinski definition) is 3. The molecule has 3 aromatic carbocycles. The number of carbonyl (C=O) groups is 1. The maximum atomic E-state index is 12.1. The van der Waals surface area contributed by atoms with Crippen molar-refractivity contribution < 1.29 is 14.6 Å². The SMILES string of the molecule is N=C(N)c1ccc2cc(C(=O)O)n(Cc3cc(Oc4ccncc4)cc4ccccc34)c2c1. The lowest BCUT2D eigenvalue weighted by atomic mass is 10.0. The van der Waals surface area contributed by atoms with Gasteiger partial charge in [0.05, 0.1) is 0 Å². The van der Waals surface area contributed by atoms with Gasteiger partial charge in [0.1, 0.15) is 23.0 Å². The number of nitrogens with zero attached hydrogens (tertiary/aromatic N) is 2. The van der Waals surface area contributed by atoms with Crippen LogP contribution in [-0.2, 0) is 6.54 Å². The fraction of sp³-hybridized carbons (Fsp3) is 0.0385. The summed E-state index contributed by atoms with van der Waals surface area (Å²) in [6.45, 7) is 0.306. The largest absolute Gasteiger partial charge is 0.477 e. The van der Waals surface area contributed by atoms with Crippen LogP contribution in [0.1, 0.15) is 21.6 Å². The van der Waals surface area contributed by atoms with Crippen molar-refractivity contribution in [3.05, 3.63) is 102 Å². The van der Waals surface area contributed by atoms with Crippen LogP contribution in [-0.4, -0.2) is 26.5 Å².